The summed E-state index contributed by atoms with van der Waals surface area (Å²) in [5.41, 5.74) is 6.24. The van der Waals surface area contributed by atoms with Gasteiger partial charge in [-0.15, -0.1) is 11.3 Å². The first-order chi connectivity index (χ1) is 8.00. The maximum absolute atomic E-state index is 13.9. The third-order valence-corrected chi connectivity index (χ3v) is 4.30. The van der Waals surface area contributed by atoms with Gasteiger partial charge in [-0.1, -0.05) is 6.07 Å². The number of hydrogen-bond donors (Lipinski definition) is 1. The summed E-state index contributed by atoms with van der Waals surface area (Å²) in [4.78, 5) is 0.722. The van der Waals surface area contributed by atoms with Gasteiger partial charge in [0.1, 0.15) is 11.6 Å². The van der Waals surface area contributed by atoms with Gasteiger partial charge in [-0.3, -0.25) is 0 Å². The third kappa shape index (κ3) is 2.41. The number of rotatable bonds is 2. The Labute approximate surface area is 110 Å². The van der Waals surface area contributed by atoms with Crippen LogP contribution < -0.4 is 5.73 Å². The van der Waals surface area contributed by atoms with Crippen LogP contribution >= 0.6 is 27.3 Å². The molecule has 0 fully saturated rings. The van der Waals surface area contributed by atoms with E-state index in [4.69, 9.17) is 5.73 Å². The molecule has 0 saturated heterocycles. The van der Waals surface area contributed by atoms with Crippen molar-refractivity contribution < 1.29 is 8.78 Å². The van der Waals surface area contributed by atoms with Crippen LogP contribution in [-0.4, -0.2) is 0 Å². The largest absolute Gasteiger partial charge is 0.319 e. The molecule has 0 aliphatic heterocycles. The fourth-order valence-electron chi connectivity index (χ4n) is 1.60. The summed E-state index contributed by atoms with van der Waals surface area (Å²) in [5, 5.41) is 1.83. The van der Waals surface area contributed by atoms with E-state index < -0.39 is 17.7 Å². The molecule has 1 aromatic heterocycles. The van der Waals surface area contributed by atoms with Gasteiger partial charge in [-0.25, -0.2) is 8.78 Å². The summed E-state index contributed by atoms with van der Waals surface area (Å²) in [6.45, 7) is 1.59. The molecule has 2 aromatic rings. The second-order valence-electron chi connectivity index (χ2n) is 3.74. The minimum absolute atomic E-state index is 0.0700. The van der Waals surface area contributed by atoms with Gasteiger partial charge in [0, 0.05) is 20.3 Å². The molecular weight excluding hydrogens is 308 g/mol. The van der Waals surface area contributed by atoms with Crippen LogP contribution in [0.5, 0.6) is 0 Å². The molecule has 1 heterocycles. The first-order valence-corrected chi connectivity index (χ1v) is 6.62. The van der Waals surface area contributed by atoms with E-state index >= 15 is 0 Å². The molecule has 1 nitrogen and oxygen atoms in total. The van der Waals surface area contributed by atoms with E-state index in [0.717, 1.165) is 9.35 Å². The average molecular weight is 318 g/mol. The van der Waals surface area contributed by atoms with Gasteiger partial charge in [0.2, 0.25) is 0 Å². The quantitative estimate of drug-likeness (QED) is 0.884. The molecular formula is C12H10BrF2NS. The summed E-state index contributed by atoms with van der Waals surface area (Å²) in [6.07, 6.45) is 0. The van der Waals surface area contributed by atoms with Gasteiger partial charge >= 0.3 is 0 Å². The highest BCUT2D eigenvalue weighted by Gasteiger charge is 2.21. The molecule has 5 heteroatoms. The van der Waals surface area contributed by atoms with Crippen molar-refractivity contribution in [1.29, 1.82) is 0 Å². The molecule has 1 unspecified atom stereocenters. The number of nitrogens with two attached hydrogens (primary N) is 1. The molecule has 0 amide bonds. The van der Waals surface area contributed by atoms with Crippen molar-refractivity contribution in [3.05, 3.63) is 55.7 Å². The second-order valence-corrected chi connectivity index (χ2v) is 5.60. The van der Waals surface area contributed by atoms with E-state index in [9.17, 15) is 8.78 Å². The molecule has 2 N–H and O–H groups in total. The number of hydrogen-bond acceptors (Lipinski definition) is 2. The van der Waals surface area contributed by atoms with E-state index in [1.54, 1.807) is 13.0 Å². The Kier molecular flexibility index (Phi) is 3.61. The Hall–Kier alpha value is -0.780. The summed E-state index contributed by atoms with van der Waals surface area (Å²) < 4.78 is 28.4. The van der Waals surface area contributed by atoms with Gasteiger partial charge in [-0.05, 0) is 40.5 Å². The Morgan fingerprint density at radius 3 is 2.65 bits per heavy atom. The van der Waals surface area contributed by atoms with Crippen LogP contribution in [0.4, 0.5) is 8.78 Å². The number of benzene rings is 1. The molecule has 1 aromatic carbocycles. The monoisotopic (exact) mass is 317 g/mol. The van der Waals surface area contributed by atoms with Crippen molar-refractivity contribution in [2.24, 2.45) is 5.73 Å². The third-order valence-electron chi connectivity index (χ3n) is 2.52. The van der Waals surface area contributed by atoms with Crippen LogP contribution in [-0.2, 0) is 0 Å². The summed E-state index contributed by atoms with van der Waals surface area (Å²) in [5.74, 6) is -1.17. The molecule has 0 spiro atoms. The van der Waals surface area contributed by atoms with Gasteiger partial charge < -0.3 is 5.73 Å². The molecule has 17 heavy (non-hydrogen) atoms. The fourth-order valence-corrected chi connectivity index (χ4v) is 3.05. The SMILES string of the molecule is Cc1ccc(F)c(C(N)c2cc(Br)cs2)c1F. The maximum atomic E-state index is 13.9. The van der Waals surface area contributed by atoms with Gasteiger partial charge in [0.25, 0.3) is 0 Å². The van der Waals surface area contributed by atoms with E-state index in [-0.39, 0.29) is 5.56 Å². The molecule has 0 saturated carbocycles. The molecule has 2 rings (SSSR count). The van der Waals surface area contributed by atoms with Crippen molar-refractivity contribution in [3.63, 3.8) is 0 Å². The predicted molar refractivity (Wildman–Crippen MR) is 69.1 cm³/mol. The van der Waals surface area contributed by atoms with Crippen molar-refractivity contribution in [2.45, 2.75) is 13.0 Å². The standard InChI is InChI=1S/C12H10BrF2NS/c1-6-2-3-8(14)10(11(6)15)12(16)9-4-7(13)5-17-9/h2-5,12H,16H2,1H3. The smallest absolute Gasteiger partial charge is 0.134 e. The molecule has 90 valence electrons. The maximum Gasteiger partial charge on any atom is 0.134 e. The lowest BCUT2D eigenvalue weighted by atomic mass is 10.0. The molecule has 1 atom stereocenters. The zero-order valence-electron chi connectivity index (χ0n) is 9.01. The van der Waals surface area contributed by atoms with Crippen LogP contribution in [0, 0.1) is 18.6 Å². The lowest BCUT2D eigenvalue weighted by Crippen LogP contribution is -2.15. The summed E-state index contributed by atoms with van der Waals surface area (Å²) >= 11 is 4.66. The fraction of sp³-hybridized carbons (Fsp3) is 0.167. The second kappa shape index (κ2) is 4.84. The minimum atomic E-state index is -0.772. The Bertz CT molecular complexity index is 553. The Morgan fingerprint density at radius 1 is 1.35 bits per heavy atom. The molecule has 0 radical (unpaired) electrons. The Morgan fingerprint density at radius 2 is 2.06 bits per heavy atom. The zero-order chi connectivity index (χ0) is 12.6. The van der Waals surface area contributed by atoms with Gasteiger partial charge in [-0.2, -0.15) is 0 Å². The van der Waals surface area contributed by atoms with Crippen LogP contribution in [0.15, 0.2) is 28.1 Å². The van der Waals surface area contributed by atoms with Crippen molar-refractivity contribution in [2.75, 3.05) is 0 Å². The predicted octanol–water partition coefficient (Wildman–Crippen LogP) is 4.15. The first kappa shape index (κ1) is 12.7. The number of aryl methyl sites for hydroxylation is 1. The normalized spacial score (nSPS) is 12.8. The molecule has 0 aliphatic rings. The highest BCUT2D eigenvalue weighted by molar-refractivity contribution is 9.10. The number of thiophene rings is 1. The molecule has 0 aliphatic carbocycles. The van der Waals surface area contributed by atoms with Crippen LogP contribution in [0.25, 0.3) is 0 Å². The molecule has 0 bridgehead atoms. The average Bonchev–Trinajstić information content (AvgIpc) is 2.71. The van der Waals surface area contributed by atoms with Crippen molar-refractivity contribution in [3.8, 4) is 0 Å². The zero-order valence-corrected chi connectivity index (χ0v) is 11.4. The van der Waals surface area contributed by atoms with E-state index in [2.05, 4.69) is 15.9 Å². The highest BCUT2D eigenvalue weighted by atomic mass is 79.9. The highest BCUT2D eigenvalue weighted by Crippen LogP contribution is 2.31. The van der Waals surface area contributed by atoms with Crippen LogP contribution in [0.3, 0.4) is 0 Å². The minimum Gasteiger partial charge on any atom is -0.319 e. The van der Waals surface area contributed by atoms with Crippen molar-refractivity contribution >= 4 is 27.3 Å². The lowest BCUT2D eigenvalue weighted by molar-refractivity contribution is 0.539. The van der Waals surface area contributed by atoms with Gasteiger partial charge in [0.05, 0.1) is 6.04 Å². The van der Waals surface area contributed by atoms with Crippen LogP contribution in [0.2, 0.25) is 0 Å². The van der Waals surface area contributed by atoms with Crippen molar-refractivity contribution in [1.82, 2.24) is 0 Å². The van der Waals surface area contributed by atoms with E-state index in [1.807, 2.05) is 5.38 Å². The lowest BCUT2D eigenvalue weighted by Gasteiger charge is -2.13. The van der Waals surface area contributed by atoms with E-state index in [0.29, 0.717) is 5.56 Å². The van der Waals surface area contributed by atoms with Crippen LogP contribution in [0.1, 0.15) is 22.0 Å². The van der Waals surface area contributed by atoms with E-state index in [1.165, 1.54) is 23.5 Å². The van der Waals surface area contributed by atoms with Gasteiger partial charge in [0.15, 0.2) is 0 Å². The summed E-state index contributed by atoms with van der Waals surface area (Å²) in [7, 11) is 0. The summed E-state index contributed by atoms with van der Waals surface area (Å²) in [6, 6.07) is 3.66. The Balaban J connectivity index is 2.50. The first-order valence-electron chi connectivity index (χ1n) is 4.94. The topological polar surface area (TPSA) is 26.0 Å². The number of halogens is 3.